The van der Waals surface area contributed by atoms with Gasteiger partial charge in [0, 0.05) is 37.6 Å². The van der Waals surface area contributed by atoms with Crippen molar-refractivity contribution in [3.8, 4) is 0 Å². The molecule has 0 atom stereocenters. The van der Waals surface area contributed by atoms with Gasteiger partial charge in [0.25, 0.3) is 0 Å². The Labute approximate surface area is 132 Å². The highest BCUT2D eigenvalue weighted by molar-refractivity contribution is 7.92. The Morgan fingerprint density at radius 3 is 2.41 bits per heavy atom. The molecule has 1 fully saturated rings. The lowest BCUT2D eigenvalue weighted by atomic mass is 10.3. The van der Waals surface area contributed by atoms with Gasteiger partial charge < -0.3 is 10.1 Å². The van der Waals surface area contributed by atoms with Gasteiger partial charge in [-0.3, -0.25) is 9.62 Å². The standard InChI is InChI=1S/C15H25N3O3S/c1-2-13-22(19,20)17-15-5-3-14(4-6-15)16-7-8-18-9-11-21-12-10-18/h3-6,16-17H,2,7-13H2,1H3. The van der Waals surface area contributed by atoms with Gasteiger partial charge in [-0.25, -0.2) is 8.42 Å². The van der Waals surface area contributed by atoms with Crippen LogP contribution in [-0.4, -0.2) is 58.5 Å². The van der Waals surface area contributed by atoms with Crippen LogP contribution >= 0.6 is 0 Å². The van der Waals surface area contributed by atoms with Crippen LogP contribution in [0.25, 0.3) is 0 Å². The average Bonchev–Trinajstić information content (AvgIpc) is 2.50. The summed E-state index contributed by atoms with van der Waals surface area (Å²) in [6.45, 7) is 7.29. The Morgan fingerprint density at radius 1 is 1.14 bits per heavy atom. The Morgan fingerprint density at radius 2 is 1.77 bits per heavy atom. The zero-order chi connectivity index (χ0) is 15.8. The van der Waals surface area contributed by atoms with E-state index < -0.39 is 10.0 Å². The largest absolute Gasteiger partial charge is 0.384 e. The highest BCUT2D eigenvalue weighted by Crippen LogP contribution is 2.15. The van der Waals surface area contributed by atoms with Gasteiger partial charge in [-0.1, -0.05) is 6.92 Å². The van der Waals surface area contributed by atoms with Gasteiger partial charge in [0.15, 0.2) is 0 Å². The lowest BCUT2D eigenvalue weighted by Gasteiger charge is -2.26. The smallest absolute Gasteiger partial charge is 0.232 e. The molecular formula is C15H25N3O3S. The number of nitrogens with zero attached hydrogens (tertiary/aromatic N) is 1. The summed E-state index contributed by atoms with van der Waals surface area (Å²) in [6.07, 6.45) is 0.608. The third-order valence-electron chi connectivity index (χ3n) is 3.49. The summed E-state index contributed by atoms with van der Waals surface area (Å²) in [7, 11) is -3.22. The van der Waals surface area contributed by atoms with Gasteiger partial charge in [0.1, 0.15) is 0 Å². The average molecular weight is 327 g/mol. The number of hydrogen-bond donors (Lipinski definition) is 2. The number of rotatable bonds is 8. The molecule has 0 spiro atoms. The molecular weight excluding hydrogens is 302 g/mol. The van der Waals surface area contributed by atoms with Gasteiger partial charge in [0.05, 0.1) is 19.0 Å². The molecule has 0 radical (unpaired) electrons. The number of sulfonamides is 1. The topological polar surface area (TPSA) is 70.7 Å². The lowest BCUT2D eigenvalue weighted by molar-refractivity contribution is 0.0398. The van der Waals surface area contributed by atoms with Crippen molar-refractivity contribution in [3.63, 3.8) is 0 Å². The Hall–Kier alpha value is -1.31. The normalized spacial score (nSPS) is 16.4. The highest BCUT2D eigenvalue weighted by Gasteiger charge is 2.10. The van der Waals surface area contributed by atoms with Crippen molar-refractivity contribution in [2.75, 3.05) is 55.2 Å². The summed E-state index contributed by atoms with van der Waals surface area (Å²) in [5, 5.41) is 3.35. The predicted molar refractivity (Wildman–Crippen MR) is 89.9 cm³/mol. The van der Waals surface area contributed by atoms with Crippen LogP contribution in [0, 0.1) is 0 Å². The maximum absolute atomic E-state index is 11.7. The van der Waals surface area contributed by atoms with E-state index in [0.717, 1.165) is 45.1 Å². The second kappa shape index (κ2) is 8.36. The number of morpholine rings is 1. The van der Waals surface area contributed by atoms with E-state index in [-0.39, 0.29) is 5.75 Å². The van der Waals surface area contributed by atoms with E-state index in [2.05, 4.69) is 14.9 Å². The van der Waals surface area contributed by atoms with Crippen LogP contribution in [0.2, 0.25) is 0 Å². The summed E-state index contributed by atoms with van der Waals surface area (Å²) in [4.78, 5) is 2.36. The molecule has 124 valence electrons. The van der Waals surface area contributed by atoms with Crippen molar-refractivity contribution in [2.24, 2.45) is 0 Å². The second-order valence-electron chi connectivity index (χ2n) is 5.38. The molecule has 22 heavy (non-hydrogen) atoms. The van der Waals surface area contributed by atoms with Crippen molar-refractivity contribution in [2.45, 2.75) is 13.3 Å². The number of nitrogens with one attached hydrogen (secondary N) is 2. The lowest BCUT2D eigenvalue weighted by Crippen LogP contribution is -2.38. The van der Waals surface area contributed by atoms with Crippen LogP contribution in [0.4, 0.5) is 11.4 Å². The third kappa shape index (κ3) is 5.82. The van der Waals surface area contributed by atoms with Crippen LogP contribution in [0.15, 0.2) is 24.3 Å². The van der Waals surface area contributed by atoms with Crippen molar-refractivity contribution in [3.05, 3.63) is 24.3 Å². The summed E-state index contributed by atoms with van der Waals surface area (Å²) < 4.78 is 31.3. The van der Waals surface area contributed by atoms with E-state index in [0.29, 0.717) is 12.1 Å². The van der Waals surface area contributed by atoms with E-state index >= 15 is 0 Å². The molecule has 7 heteroatoms. The molecule has 0 bridgehead atoms. The van der Waals surface area contributed by atoms with E-state index in [1.54, 1.807) is 12.1 Å². The zero-order valence-electron chi connectivity index (χ0n) is 13.0. The number of ether oxygens (including phenoxy) is 1. The number of hydrogen-bond acceptors (Lipinski definition) is 5. The molecule has 1 heterocycles. The van der Waals surface area contributed by atoms with E-state index in [1.165, 1.54) is 0 Å². The minimum absolute atomic E-state index is 0.145. The fraction of sp³-hybridized carbons (Fsp3) is 0.600. The molecule has 2 rings (SSSR count). The second-order valence-corrected chi connectivity index (χ2v) is 7.22. The molecule has 0 saturated carbocycles. The minimum Gasteiger partial charge on any atom is -0.384 e. The Bertz CT molecular complexity index is 540. The molecule has 1 saturated heterocycles. The molecule has 0 unspecified atom stereocenters. The first kappa shape index (κ1) is 17.1. The first-order valence-corrected chi connectivity index (χ1v) is 9.39. The van der Waals surface area contributed by atoms with Gasteiger partial charge in [-0.2, -0.15) is 0 Å². The molecule has 0 aromatic heterocycles. The van der Waals surface area contributed by atoms with Gasteiger partial charge >= 0.3 is 0 Å². The summed E-state index contributed by atoms with van der Waals surface area (Å²) >= 11 is 0. The number of benzene rings is 1. The zero-order valence-corrected chi connectivity index (χ0v) is 13.9. The maximum Gasteiger partial charge on any atom is 0.232 e. The van der Waals surface area contributed by atoms with Crippen molar-refractivity contribution in [1.82, 2.24) is 4.90 Å². The Kier molecular flexibility index (Phi) is 6.48. The van der Waals surface area contributed by atoms with Gasteiger partial charge in [0.2, 0.25) is 10.0 Å². The SMILES string of the molecule is CCCS(=O)(=O)Nc1ccc(NCCN2CCOCC2)cc1. The fourth-order valence-corrected chi connectivity index (χ4v) is 3.47. The van der Waals surface area contributed by atoms with Gasteiger partial charge in [-0.05, 0) is 30.7 Å². The quantitative estimate of drug-likeness (QED) is 0.759. The fourth-order valence-electron chi connectivity index (χ4n) is 2.34. The predicted octanol–water partition coefficient (Wildman–Crippen LogP) is 1.58. The van der Waals surface area contributed by atoms with E-state index in [9.17, 15) is 8.42 Å². The third-order valence-corrected chi connectivity index (χ3v) is 4.98. The van der Waals surface area contributed by atoms with Gasteiger partial charge in [-0.15, -0.1) is 0 Å². The molecule has 2 N–H and O–H groups in total. The molecule has 1 aliphatic rings. The number of anilines is 2. The molecule has 6 nitrogen and oxygen atoms in total. The molecule has 1 aliphatic heterocycles. The van der Waals surface area contributed by atoms with Crippen molar-refractivity contribution >= 4 is 21.4 Å². The summed E-state index contributed by atoms with van der Waals surface area (Å²) in [5.74, 6) is 0.145. The summed E-state index contributed by atoms with van der Waals surface area (Å²) in [5.41, 5.74) is 1.60. The highest BCUT2D eigenvalue weighted by atomic mass is 32.2. The van der Waals surface area contributed by atoms with E-state index in [1.807, 2.05) is 19.1 Å². The van der Waals surface area contributed by atoms with Crippen LogP contribution in [0.1, 0.15) is 13.3 Å². The first-order chi connectivity index (χ1) is 10.6. The van der Waals surface area contributed by atoms with Crippen LogP contribution in [0.5, 0.6) is 0 Å². The molecule has 0 aliphatic carbocycles. The first-order valence-electron chi connectivity index (χ1n) is 7.73. The van der Waals surface area contributed by atoms with Crippen LogP contribution < -0.4 is 10.0 Å². The summed E-state index contributed by atoms with van der Waals surface area (Å²) in [6, 6.07) is 7.35. The molecule has 1 aromatic carbocycles. The minimum atomic E-state index is -3.22. The monoisotopic (exact) mass is 327 g/mol. The van der Waals surface area contributed by atoms with Crippen LogP contribution in [0.3, 0.4) is 0 Å². The molecule has 0 amide bonds. The van der Waals surface area contributed by atoms with Crippen molar-refractivity contribution in [1.29, 1.82) is 0 Å². The van der Waals surface area contributed by atoms with E-state index in [4.69, 9.17) is 4.74 Å². The molecule has 1 aromatic rings. The maximum atomic E-state index is 11.7. The van der Waals surface area contributed by atoms with Crippen molar-refractivity contribution < 1.29 is 13.2 Å². The Balaban J connectivity index is 1.76. The van der Waals surface area contributed by atoms with Crippen LogP contribution in [-0.2, 0) is 14.8 Å².